The molecule has 0 radical (unpaired) electrons. The molecule has 1 aliphatic rings. The zero-order valence-corrected chi connectivity index (χ0v) is 13.7. The summed E-state index contributed by atoms with van der Waals surface area (Å²) in [5.41, 5.74) is -0.465. The van der Waals surface area contributed by atoms with Crippen LogP contribution in [0.25, 0.3) is 0 Å². The third-order valence-electron chi connectivity index (χ3n) is 3.44. The van der Waals surface area contributed by atoms with E-state index in [0.29, 0.717) is 13.2 Å². The standard InChI is InChI=1S/C17H26N2O3/c1-17(2,3)22-16(20)19-11-10-18-13-14(19)9-12-21-15-7-5-4-6-8-15/h4-8,14,18H,9-13H2,1-3H3. The van der Waals surface area contributed by atoms with Gasteiger partial charge in [-0.2, -0.15) is 0 Å². The molecule has 1 heterocycles. The average molecular weight is 306 g/mol. The van der Waals surface area contributed by atoms with E-state index in [1.807, 2.05) is 56.0 Å². The lowest BCUT2D eigenvalue weighted by Gasteiger charge is -2.37. The van der Waals surface area contributed by atoms with Gasteiger partial charge >= 0.3 is 6.09 Å². The molecule has 122 valence electrons. The second-order valence-corrected chi connectivity index (χ2v) is 6.48. The Bertz CT molecular complexity index is 471. The summed E-state index contributed by atoms with van der Waals surface area (Å²) < 4.78 is 11.2. The van der Waals surface area contributed by atoms with Gasteiger partial charge in [-0.1, -0.05) is 18.2 Å². The van der Waals surface area contributed by atoms with Gasteiger partial charge in [-0.15, -0.1) is 0 Å². The number of nitrogens with one attached hydrogen (secondary N) is 1. The molecule has 2 rings (SSSR count). The number of para-hydroxylation sites is 1. The Morgan fingerprint density at radius 1 is 1.32 bits per heavy atom. The molecule has 0 saturated carbocycles. The molecule has 1 unspecified atom stereocenters. The van der Waals surface area contributed by atoms with Crippen LogP contribution >= 0.6 is 0 Å². The van der Waals surface area contributed by atoms with Crippen LogP contribution in [0.3, 0.4) is 0 Å². The summed E-state index contributed by atoms with van der Waals surface area (Å²) in [6.07, 6.45) is 0.542. The van der Waals surface area contributed by atoms with E-state index in [1.54, 1.807) is 0 Å². The summed E-state index contributed by atoms with van der Waals surface area (Å²) >= 11 is 0. The van der Waals surface area contributed by atoms with Gasteiger partial charge in [-0.25, -0.2) is 4.79 Å². The molecule has 1 aromatic carbocycles. The van der Waals surface area contributed by atoms with Gasteiger partial charge in [-0.05, 0) is 32.9 Å². The highest BCUT2D eigenvalue weighted by Gasteiger charge is 2.30. The normalized spacial score (nSPS) is 18.9. The summed E-state index contributed by atoms with van der Waals surface area (Å²) in [7, 11) is 0. The average Bonchev–Trinajstić information content (AvgIpc) is 2.47. The minimum atomic E-state index is -0.465. The Kier molecular flexibility index (Phi) is 5.66. The Morgan fingerprint density at radius 3 is 2.73 bits per heavy atom. The monoisotopic (exact) mass is 306 g/mol. The van der Waals surface area contributed by atoms with Crippen LogP contribution in [0.2, 0.25) is 0 Å². The van der Waals surface area contributed by atoms with E-state index in [0.717, 1.165) is 25.3 Å². The van der Waals surface area contributed by atoms with Crippen molar-refractivity contribution in [2.75, 3.05) is 26.2 Å². The van der Waals surface area contributed by atoms with Gasteiger partial charge in [0, 0.05) is 26.1 Å². The van der Waals surface area contributed by atoms with Crippen molar-refractivity contribution < 1.29 is 14.3 Å². The Balaban J connectivity index is 1.85. The molecule has 1 saturated heterocycles. The number of carbonyl (C=O) groups excluding carboxylic acids is 1. The largest absolute Gasteiger partial charge is 0.494 e. The maximum atomic E-state index is 12.3. The summed E-state index contributed by atoms with van der Waals surface area (Å²) in [5, 5.41) is 3.33. The van der Waals surface area contributed by atoms with Crippen molar-refractivity contribution in [3.63, 3.8) is 0 Å². The van der Waals surface area contributed by atoms with Crippen molar-refractivity contribution in [3.05, 3.63) is 30.3 Å². The SMILES string of the molecule is CC(C)(C)OC(=O)N1CCNCC1CCOc1ccccc1. The van der Waals surface area contributed by atoms with Crippen LogP contribution < -0.4 is 10.1 Å². The van der Waals surface area contributed by atoms with Crippen LogP contribution in [0.5, 0.6) is 5.75 Å². The predicted octanol–water partition coefficient (Wildman–Crippen LogP) is 2.66. The van der Waals surface area contributed by atoms with Crippen LogP contribution in [-0.4, -0.2) is 48.9 Å². The lowest BCUT2D eigenvalue weighted by molar-refractivity contribution is 0.00985. The quantitative estimate of drug-likeness (QED) is 0.929. The number of benzene rings is 1. The number of nitrogens with zero attached hydrogens (tertiary/aromatic N) is 1. The maximum Gasteiger partial charge on any atom is 0.410 e. The lowest BCUT2D eigenvalue weighted by Crippen LogP contribution is -2.55. The van der Waals surface area contributed by atoms with E-state index in [-0.39, 0.29) is 12.1 Å². The van der Waals surface area contributed by atoms with Crippen molar-refractivity contribution in [2.24, 2.45) is 0 Å². The summed E-state index contributed by atoms with van der Waals surface area (Å²) in [6.45, 7) is 8.50. The van der Waals surface area contributed by atoms with Crippen LogP contribution in [0.4, 0.5) is 4.79 Å². The van der Waals surface area contributed by atoms with Crippen molar-refractivity contribution >= 4 is 6.09 Å². The lowest BCUT2D eigenvalue weighted by atomic mass is 10.1. The van der Waals surface area contributed by atoms with Crippen molar-refractivity contribution in [2.45, 2.75) is 38.8 Å². The predicted molar refractivity (Wildman–Crippen MR) is 86.2 cm³/mol. The van der Waals surface area contributed by atoms with Gasteiger partial charge in [0.1, 0.15) is 11.4 Å². The Hall–Kier alpha value is -1.75. The van der Waals surface area contributed by atoms with Crippen LogP contribution in [0, 0.1) is 0 Å². The minimum Gasteiger partial charge on any atom is -0.494 e. The third kappa shape index (κ3) is 5.22. The van der Waals surface area contributed by atoms with E-state index in [9.17, 15) is 4.79 Å². The number of rotatable bonds is 4. The smallest absolute Gasteiger partial charge is 0.410 e. The van der Waals surface area contributed by atoms with Gasteiger partial charge in [0.15, 0.2) is 0 Å². The number of carbonyl (C=O) groups is 1. The number of piperazine rings is 1. The molecule has 5 nitrogen and oxygen atoms in total. The fourth-order valence-corrected chi connectivity index (χ4v) is 2.41. The molecular formula is C17H26N2O3. The first-order valence-electron chi connectivity index (χ1n) is 7.84. The summed E-state index contributed by atoms with van der Waals surface area (Å²) in [4.78, 5) is 14.1. The van der Waals surface area contributed by atoms with Gasteiger partial charge < -0.3 is 19.7 Å². The van der Waals surface area contributed by atoms with Crippen molar-refractivity contribution in [1.29, 1.82) is 0 Å². The van der Waals surface area contributed by atoms with Gasteiger partial charge in [0.05, 0.1) is 12.6 Å². The molecule has 1 amide bonds. The molecule has 1 N–H and O–H groups in total. The van der Waals surface area contributed by atoms with Crippen molar-refractivity contribution in [3.8, 4) is 5.75 Å². The number of amides is 1. The van der Waals surface area contributed by atoms with Gasteiger partial charge in [0.25, 0.3) is 0 Å². The first-order chi connectivity index (χ1) is 10.5. The molecule has 1 aromatic rings. The van der Waals surface area contributed by atoms with E-state index < -0.39 is 5.60 Å². The van der Waals surface area contributed by atoms with Crippen LogP contribution in [0.15, 0.2) is 30.3 Å². The second kappa shape index (κ2) is 7.49. The zero-order valence-electron chi connectivity index (χ0n) is 13.7. The Morgan fingerprint density at radius 2 is 2.05 bits per heavy atom. The fourth-order valence-electron chi connectivity index (χ4n) is 2.41. The number of hydrogen-bond donors (Lipinski definition) is 1. The first-order valence-corrected chi connectivity index (χ1v) is 7.84. The fraction of sp³-hybridized carbons (Fsp3) is 0.588. The maximum absolute atomic E-state index is 12.3. The molecule has 5 heteroatoms. The van der Waals surface area contributed by atoms with Gasteiger partial charge in [0.2, 0.25) is 0 Å². The third-order valence-corrected chi connectivity index (χ3v) is 3.44. The number of hydrogen-bond acceptors (Lipinski definition) is 4. The molecule has 1 fully saturated rings. The van der Waals surface area contributed by atoms with E-state index in [2.05, 4.69) is 5.32 Å². The molecule has 0 spiro atoms. The summed E-state index contributed by atoms with van der Waals surface area (Å²) in [5.74, 6) is 0.857. The molecule has 22 heavy (non-hydrogen) atoms. The highest BCUT2D eigenvalue weighted by molar-refractivity contribution is 5.68. The molecule has 0 aliphatic carbocycles. The highest BCUT2D eigenvalue weighted by atomic mass is 16.6. The first kappa shape index (κ1) is 16.6. The van der Waals surface area contributed by atoms with Crippen LogP contribution in [-0.2, 0) is 4.74 Å². The molecule has 1 aliphatic heterocycles. The van der Waals surface area contributed by atoms with E-state index in [4.69, 9.17) is 9.47 Å². The zero-order chi connectivity index (χ0) is 16.0. The highest BCUT2D eigenvalue weighted by Crippen LogP contribution is 2.16. The topological polar surface area (TPSA) is 50.8 Å². The molecular weight excluding hydrogens is 280 g/mol. The molecule has 0 aromatic heterocycles. The second-order valence-electron chi connectivity index (χ2n) is 6.48. The van der Waals surface area contributed by atoms with Gasteiger partial charge in [-0.3, -0.25) is 0 Å². The molecule has 0 bridgehead atoms. The van der Waals surface area contributed by atoms with E-state index in [1.165, 1.54) is 0 Å². The number of ether oxygens (including phenoxy) is 2. The van der Waals surface area contributed by atoms with Crippen molar-refractivity contribution in [1.82, 2.24) is 10.2 Å². The Labute approximate surface area is 132 Å². The minimum absolute atomic E-state index is 0.104. The van der Waals surface area contributed by atoms with Crippen LogP contribution in [0.1, 0.15) is 27.2 Å². The summed E-state index contributed by atoms with van der Waals surface area (Å²) in [6, 6.07) is 9.83. The van der Waals surface area contributed by atoms with E-state index >= 15 is 0 Å². The molecule has 1 atom stereocenters.